The predicted octanol–water partition coefficient (Wildman–Crippen LogP) is 3.13. The first-order chi connectivity index (χ1) is 10.1. The van der Waals surface area contributed by atoms with Crippen molar-refractivity contribution in [1.82, 2.24) is 15.8 Å². The highest BCUT2D eigenvalue weighted by atomic mass is 79.9. The van der Waals surface area contributed by atoms with Gasteiger partial charge in [-0.1, -0.05) is 27.5 Å². The van der Waals surface area contributed by atoms with Gasteiger partial charge in [0.15, 0.2) is 5.11 Å². The lowest BCUT2D eigenvalue weighted by atomic mass is 10.3. The number of carbonyl (C=O) groups is 1. The molecule has 1 amide bonds. The van der Waals surface area contributed by atoms with E-state index in [-0.39, 0.29) is 11.0 Å². The lowest BCUT2D eigenvalue weighted by Crippen LogP contribution is -2.43. The minimum Gasteiger partial charge on any atom is -0.330 e. The van der Waals surface area contributed by atoms with Gasteiger partial charge in [-0.15, -0.1) is 0 Å². The van der Waals surface area contributed by atoms with Gasteiger partial charge in [0.05, 0.1) is 10.7 Å². The maximum absolute atomic E-state index is 11.8. The Morgan fingerprint density at radius 3 is 2.57 bits per heavy atom. The van der Waals surface area contributed by atoms with Crippen LogP contribution in [0.5, 0.6) is 0 Å². The molecule has 0 saturated carbocycles. The number of anilines is 1. The molecule has 1 aromatic heterocycles. The molecule has 0 radical (unpaired) electrons. The normalized spacial score (nSPS) is 9.81. The largest absolute Gasteiger partial charge is 0.330 e. The van der Waals surface area contributed by atoms with Crippen molar-refractivity contribution >= 4 is 56.5 Å². The van der Waals surface area contributed by atoms with E-state index in [0.717, 1.165) is 4.47 Å². The van der Waals surface area contributed by atoms with Gasteiger partial charge in [-0.2, -0.15) is 0 Å². The molecule has 0 saturated heterocycles. The fourth-order valence-corrected chi connectivity index (χ4v) is 2.32. The minimum atomic E-state index is -0.316. The number of hydrogen-bond acceptors (Lipinski definition) is 3. The molecule has 1 heterocycles. The summed E-state index contributed by atoms with van der Waals surface area (Å²) in [6.07, 6.45) is 3.07. The Bertz CT molecular complexity index is 668. The van der Waals surface area contributed by atoms with Crippen molar-refractivity contribution in [2.75, 3.05) is 5.32 Å². The number of thiocarbonyl (C=S) groups is 1. The number of nitrogens with zero attached hydrogens (tertiary/aromatic N) is 1. The van der Waals surface area contributed by atoms with Crippen molar-refractivity contribution in [2.24, 2.45) is 0 Å². The zero-order chi connectivity index (χ0) is 15.2. The van der Waals surface area contributed by atoms with Crippen LogP contribution in [0.4, 0.5) is 5.69 Å². The molecule has 5 nitrogen and oxygen atoms in total. The Balaban J connectivity index is 1.89. The summed E-state index contributed by atoms with van der Waals surface area (Å²) in [5.41, 5.74) is 6.19. The van der Waals surface area contributed by atoms with E-state index in [1.54, 1.807) is 24.3 Å². The monoisotopic (exact) mass is 384 g/mol. The van der Waals surface area contributed by atoms with Crippen molar-refractivity contribution < 1.29 is 4.79 Å². The summed E-state index contributed by atoms with van der Waals surface area (Å²) in [5, 5.41) is 3.62. The minimum absolute atomic E-state index is 0.224. The summed E-state index contributed by atoms with van der Waals surface area (Å²) >= 11 is 14.5. The third-order valence-corrected chi connectivity index (χ3v) is 3.42. The van der Waals surface area contributed by atoms with Crippen molar-refractivity contribution in [2.45, 2.75) is 0 Å². The first kappa shape index (κ1) is 15.7. The number of rotatable bonds is 2. The molecule has 0 bridgehead atoms. The average Bonchev–Trinajstić information content (AvgIpc) is 2.48. The Hall–Kier alpha value is -1.70. The van der Waals surface area contributed by atoms with Gasteiger partial charge in [0.1, 0.15) is 0 Å². The van der Waals surface area contributed by atoms with E-state index in [2.05, 4.69) is 37.1 Å². The van der Waals surface area contributed by atoms with Gasteiger partial charge in [0.25, 0.3) is 5.91 Å². The molecular weight excluding hydrogens is 376 g/mol. The zero-order valence-corrected chi connectivity index (χ0v) is 13.7. The molecule has 108 valence electrons. The van der Waals surface area contributed by atoms with Crippen LogP contribution >= 0.6 is 39.7 Å². The lowest BCUT2D eigenvalue weighted by Gasteiger charge is -2.12. The molecule has 2 rings (SSSR count). The quantitative estimate of drug-likeness (QED) is 0.547. The maximum Gasteiger partial charge on any atom is 0.269 e. The van der Waals surface area contributed by atoms with E-state index < -0.39 is 0 Å². The van der Waals surface area contributed by atoms with Crippen LogP contribution in [0.1, 0.15) is 10.4 Å². The highest BCUT2D eigenvalue weighted by Gasteiger charge is 2.06. The van der Waals surface area contributed by atoms with Gasteiger partial charge >= 0.3 is 0 Å². The second-order valence-corrected chi connectivity index (χ2v) is 5.62. The predicted molar refractivity (Wildman–Crippen MR) is 90.2 cm³/mol. The van der Waals surface area contributed by atoms with Gasteiger partial charge in [-0.3, -0.25) is 20.6 Å². The van der Waals surface area contributed by atoms with E-state index in [9.17, 15) is 4.79 Å². The summed E-state index contributed by atoms with van der Waals surface area (Å²) in [6.45, 7) is 0. The summed E-state index contributed by atoms with van der Waals surface area (Å²) < 4.78 is 0.864. The van der Waals surface area contributed by atoms with Crippen molar-refractivity contribution in [3.8, 4) is 0 Å². The Kier molecular flexibility index (Phi) is 5.49. The number of aromatic nitrogens is 1. The first-order valence-electron chi connectivity index (χ1n) is 5.78. The first-order valence-corrected chi connectivity index (χ1v) is 7.36. The summed E-state index contributed by atoms with van der Waals surface area (Å²) in [4.78, 5) is 15.6. The van der Waals surface area contributed by atoms with E-state index >= 15 is 0 Å². The van der Waals surface area contributed by atoms with Crippen LogP contribution in [0.3, 0.4) is 0 Å². The van der Waals surface area contributed by atoms with Crippen LogP contribution in [0.2, 0.25) is 5.02 Å². The van der Waals surface area contributed by atoms with Gasteiger partial charge in [0.2, 0.25) is 0 Å². The number of pyridine rings is 1. The summed E-state index contributed by atoms with van der Waals surface area (Å²) in [7, 11) is 0. The molecule has 0 aliphatic rings. The van der Waals surface area contributed by atoms with Crippen molar-refractivity contribution in [1.29, 1.82) is 0 Å². The topological polar surface area (TPSA) is 66.1 Å². The summed E-state index contributed by atoms with van der Waals surface area (Å²) in [5.74, 6) is -0.316. The number of nitrogens with one attached hydrogen (secondary N) is 3. The average molecular weight is 386 g/mol. The van der Waals surface area contributed by atoms with Crippen LogP contribution in [-0.4, -0.2) is 16.0 Å². The molecule has 0 spiro atoms. The van der Waals surface area contributed by atoms with Gasteiger partial charge in [-0.05, 0) is 42.5 Å². The number of halogens is 2. The number of carbonyl (C=O) groups excluding carboxylic acids is 1. The second kappa shape index (κ2) is 7.35. The molecule has 8 heteroatoms. The van der Waals surface area contributed by atoms with Crippen molar-refractivity contribution in [3.63, 3.8) is 0 Å². The molecule has 0 aliphatic heterocycles. The highest BCUT2D eigenvalue weighted by Crippen LogP contribution is 2.25. The standard InChI is InChI=1S/C13H10BrClN4OS/c14-9-1-2-11(10(15)7-9)17-13(21)19-18-12(20)8-3-5-16-6-4-8/h1-7H,(H,18,20)(H2,17,19,21). The molecule has 21 heavy (non-hydrogen) atoms. The van der Waals surface area contributed by atoms with Gasteiger partial charge in [-0.25, -0.2) is 0 Å². The van der Waals surface area contributed by atoms with E-state index in [1.807, 2.05) is 6.07 Å². The molecule has 0 unspecified atom stereocenters. The lowest BCUT2D eigenvalue weighted by molar-refractivity contribution is 0.0944. The van der Waals surface area contributed by atoms with Crippen LogP contribution in [0.15, 0.2) is 47.2 Å². The summed E-state index contributed by atoms with van der Waals surface area (Å²) in [6, 6.07) is 8.53. The number of hydrazine groups is 1. The fourth-order valence-electron chi connectivity index (χ4n) is 1.43. The van der Waals surface area contributed by atoms with E-state index in [4.69, 9.17) is 23.8 Å². The molecule has 3 N–H and O–H groups in total. The molecule has 0 aliphatic carbocycles. The Morgan fingerprint density at radius 1 is 1.19 bits per heavy atom. The van der Waals surface area contributed by atoms with Gasteiger partial charge < -0.3 is 5.32 Å². The Morgan fingerprint density at radius 2 is 1.90 bits per heavy atom. The van der Waals surface area contributed by atoms with Crippen LogP contribution in [-0.2, 0) is 0 Å². The molecule has 0 fully saturated rings. The second-order valence-electron chi connectivity index (χ2n) is 3.89. The van der Waals surface area contributed by atoms with E-state index in [0.29, 0.717) is 16.3 Å². The van der Waals surface area contributed by atoms with Crippen LogP contribution in [0.25, 0.3) is 0 Å². The smallest absolute Gasteiger partial charge is 0.269 e. The number of amides is 1. The third kappa shape index (κ3) is 4.66. The molecule has 2 aromatic rings. The van der Waals surface area contributed by atoms with E-state index in [1.165, 1.54) is 12.4 Å². The molecular formula is C13H10BrClN4OS. The number of benzene rings is 1. The van der Waals surface area contributed by atoms with Crippen LogP contribution < -0.4 is 16.2 Å². The Labute approximate surface area is 140 Å². The van der Waals surface area contributed by atoms with Crippen LogP contribution in [0, 0.1) is 0 Å². The third-order valence-electron chi connectivity index (χ3n) is 2.41. The van der Waals surface area contributed by atoms with Crippen molar-refractivity contribution in [3.05, 3.63) is 57.8 Å². The highest BCUT2D eigenvalue weighted by molar-refractivity contribution is 9.10. The maximum atomic E-state index is 11.8. The zero-order valence-electron chi connectivity index (χ0n) is 10.6. The SMILES string of the molecule is O=C(NNC(=S)Nc1ccc(Br)cc1Cl)c1ccncc1. The van der Waals surface area contributed by atoms with Gasteiger partial charge in [0, 0.05) is 22.4 Å². The fraction of sp³-hybridized carbons (Fsp3) is 0. The number of hydrogen-bond donors (Lipinski definition) is 3. The molecule has 1 aromatic carbocycles. The molecule has 0 atom stereocenters.